The maximum atomic E-state index is 12.3. The zero-order valence-electron chi connectivity index (χ0n) is 9.87. The van der Waals surface area contributed by atoms with Gasteiger partial charge in [0.1, 0.15) is 0 Å². The van der Waals surface area contributed by atoms with Crippen LogP contribution in [0.3, 0.4) is 0 Å². The third-order valence-corrected chi connectivity index (χ3v) is 3.76. The summed E-state index contributed by atoms with van der Waals surface area (Å²) in [7, 11) is 1.64. The van der Waals surface area contributed by atoms with Gasteiger partial charge in [0.05, 0.1) is 12.2 Å². The fourth-order valence-electron chi connectivity index (χ4n) is 1.44. The van der Waals surface area contributed by atoms with Crippen molar-refractivity contribution in [3.05, 3.63) is 31.8 Å². The number of carbonyl (C=O) groups is 1. The number of nitrogens with zero attached hydrogens (tertiary/aromatic N) is 1. The van der Waals surface area contributed by atoms with Crippen LogP contribution in [0.25, 0.3) is 0 Å². The molecule has 1 aromatic rings. The second-order valence-electron chi connectivity index (χ2n) is 3.50. The molecule has 0 atom stereocenters. The fourth-order valence-corrected chi connectivity index (χ4v) is 2.34. The maximum Gasteiger partial charge on any atom is 0.255 e. The van der Waals surface area contributed by atoms with E-state index in [0.29, 0.717) is 25.3 Å². The lowest BCUT2D eigenvalue weighted by atomic mass is 10.2. The quantitative estimate of drug-likeness (QED) is 0.696. The van der Waals surface area contributed by atoms with E-state index in [9.17, 15) is 4.79 Å². The molecule has 0 unspecified atom stereocenters. The van der Waals surface area contributed by atoms with E-state index in [1.807, 2.05) is 25.1 Å². The van der Waals surface area contributed by atoms with Crippen LogP contribution in [0.1, 0.15) is 17.3 Å². The minimum Gasteiger partial charge on any atom is -0.383 e. The average Bonchev–Trinajstić information content (AvgIpc) is 2.33. The lowest BCUT2D eigenvalue weighted by molar-refractivity contribution is 0.0705. The fraction of sp³-hybridized carbons (Fsp3) is 0.417. The van der Waals surface area contributed by atoms with E-state index < -0.39 is 0 Å². The third-order valence-electron chi connectivity index (χ3n) is 2.39. The van der Waals surface area contributed by atoms with Crippen LogP contribution in [0.5, 0.6) is 0 Å². The zero-order chi connectivity index (χ0) is 12.8. The lowest BCUT2D eigenvalue weighted by Crippen LogP contribution is -2.33. The van der Waals surface area contributed by atoms with E-state index >= 15 is 0 Å². The van der Waals surface area contributed by atoms with Gasteiger partial charge in [0.15, 0.2) is 0 Å². The molecule has 0 heterocycles. The van der Waals surface area contributed by atoms with Crippen LogP contribution < -0.4 is 0 Å². The molecule has 94 valence electrons. The zero-order valence-corrected chi connectivity index (χ0v) is 13.6. The highest BCUT2D eigenvalue weighted by molar-refractivity contribution is 14.1. The minimum atomic E-state index is 0.0370. The van der Waals surface area contributed by atoms with Gasteiger partial charge in [0.2, 0.25) is 0 Å². The summed E-state index contributed by atoms with van der Waals surface area (Å²) in [5, 5.41) is 0. The molecular formula is C12H15BrINO2. The van der Waals surface area contributed by atoms with Crippen molar-refractivity contribution in [1.82, 2.24) is 4.90 Å². The first-order valence-corrected chi connectivity index (χ1v) is 7.20. The molecule has 0 fully saturated rings. The van der Waals surface area contributed by atoms with Crippen LogP contribution in [0.2, 0.25) is 0 Å². The Balaban J connectivity index is 2.89. The predicted molar refractivity (Wildman–Crippen MR) is 80.3 cm³/mol. The molecule has 0 spiro atoms. The number of rotatable bonds is 5. The number of amides is 1. The normalized spacial score (nSPS) is 10.4. The molecule has 5 heteroatoms. The Morgan fingerprint density at radius 1 is 1.53 bits per heavy atom. The molecule has 0 aliphatic heterocycles. The minimum absolute atomic E-state index is 0.0370. The third kappa shape index (κ3) is 4.22. The van der Waals surface area contributed by atoms with Gasteiger partial charge in [-0.25, -0.2) is 0 Å². The van der Waals surface area contributed by atoms with E-state index in [0.717, 1.165) is 8.04 Å². The Kier molecular flexibility index (Phi) is 6.43. The van der Waals surface area contributed by atoms with Gasteiger partial charge in [-0.2, -0.15) is 0 Å². The van der Waals surface area contributed by atoms with Gasteiger partial charge in [-0.15, -0.1) is 0 Å². The summed E-state index contributed by atoms with van der Waals surface area (Å²) in [6.45, 7) is 3.82. The SMILES string of the molecule is CCN(CCOC)C(=O)c1cc(I)ccc1Br. The van der Waals surface area contributed by atoms with Crippen molar-refractivity contribution in [1.29, 1.82) is 0 Å². The molecule has 0 aliphatic rings. The van der Waals surface area contributed by atoms with Crippen molar-refractivity contribution < 1.29 is 9.53 Å². The summed E-state index contributed by atoms with van der Waals surface area (Å²) in [6.07, 6.45) is 0. The van der Waals surface area contributed by atoms with Gasteiger partial charge in [-0.1, -0.05) is 0 Å². The number of methoxy groups -OCH3 is 1. The first-order valence-electron chi connectivity index (χ1n) is 5.33. The van der Waals surface area contributed by atoms with Crippen molar-refractivity contribution in [2.24, 2.45) is 0 Å². The molecule has 17 heavy (non-hydrogen) atoms. The van der Waals surface area contributed by atoms with E-state index in [1.54, 1.807) is 12.0 Å². The van der Waals surface area contributed by atoms with Crippen LogP contribution in [-0.4, -0.2) is 37.6 Å². The number of carbonyl (C=O) groups excluding carboxylic acids is 1. The molecule has 0 bridgehead atoms. The van der Waals surface area contributed by atoms with Gasteiger partial charge in [-0.05, 0) is 63.6 Å². The number of hydrogen-bond acceptors (Lipinski definition) is 2. The average molecular weight is 412 g/mol. The van der Waals surface area contributed by atoms with Gasteiger partial charge in [0, 0.05) is 28.2 Å². The van der Waals surface area contributed by atoms with Crippen LogP contribution in [-0.2, 0) is 4.74 Å². The topological polar surface area (TPSA) is 29.5 Å². The predicted octanol–water partition coefficient (Wildman–Crippen LogP) is 3.16. The molecule has 0 aliphatic carbocycles. The summed E-state index contributed by atoms with van der Waals surface area (Å²) < 4.78 is 6.89. The Morgan fingerprint density at radius 2 is 2.24 bits per heavy atom. The number of hydrogen-bond donors (Lipinski definition) is 0. The summed E-state index contributed by atoms with van der Waals surface area (Å²) >= 11 is 5.62. The van der Waals surface area contributed by atoms with Crippen molar-refractivity contribution >= 4 is 44.4 Å². The summed E-state index contributed by atoms with van der Waals surface area (Å²) in [5.41, 5.74) is 0.704. The number of ether oxygens (including phenoxy) is 1. The molecule has 0 saturated heterocycles. The lowest BCUT2D eigenvalue weighted by Gasteiger charge is -2.21. The number of likely N-dealkylation sites (N-methyl/N-ethyl adjacent to an activating group) is 1. The Labute approximate surface area is 124 Å². The van der Waals surface area contributed by atoms with Gasteiger partial charge < -0.3 is 9.64 Å². The molecule has 3 nitrogen and oxygen atoms in total. The largest absolute Gasteiger partial charge is 0.383 e. The summed E-state index contributed by atoms with van der Waals surface area (Å²) in [4.78, 5) is 14.1. The second-order valence-corrected chi connectivity index (χ2v) is 5.60. The first kappa shape index (κ1) is 14.9. The van der Waals surface area contributed by atoms with Crippen LogP contribution in [0.4, 0.5) is 0 Å². The number of benzene rings is 1. The van der Waals surface area contributed by atoms with Crippen LogP contribution in [0, 0.1) is 3.57 Å². The Hall–Kier alpha value is -0.140. The van der Waals surface area contributed by atoms with Gasteiger partial charge >= 0.3 is 0 Å². The van der Waals surface area contributed by atoms with Crippen LogP contribution >= 0.6 is 38.5 Å². The first-order chi connectivity index (χ1) is 8.10. The molecule has 1 amide bonds. The number of halogens is 2. The smallest absolute Gasteiger partial charge is 0.255 e. The maximum absolute atomic E-state index is 12.3. The highest BCUT2D eigenvalue weighted by atomic mass is 127. The highest BCUT2D eigenvalue weighted by Crippen LogP contribution is 2.21. The Bertz CT molecular complexity index is 398. The van der Waals surface area contributed by atoms with Crippen molar-refractivity contribution in [2.75, 3.05) is 26.8 Å². The van der Waals surface area contributed by atoms with Crippen molar-refractivity contribution in [3.8, 4) is 0 Å². The standard InChI is InChI=1S/C12H15BrINO2/c1-3-15(6-7-17-2)12(16)10-8-9(14)4-5-11(10)13/h4-5,8H,3,6-7H2,1-2H3. The monoisotopic (exact) mass is 411 g/mol. The summed E-state index contributed by atoms with van der Waals surface area (Å²) in [5.74, 6) is 0.0370. The molecule has 1 rings (SSSR count). The Morgan fingerprint density at radius 3 is 2.82 bits per heavy atom. The van der Waals surface area contributed by atoms with Crippen molar-refractivity contribution in [2.45, 2.75) is 6.92 Å². The van der Waals surface area contributed by atoms with Gasteiger partial charge in [0.25, 0.3) is 5.91 Å². The molecule has 1 aromatic carbocycles. The van der Waals surface area contributed by atoms with E-state index in [1.165, 1.54) is 0 Å². The second kappa shape index (κ2) is 7.33. The van der Waals surface area contributed by atoms with Gasteiger partial charge in [-0.3, -0.25) is 4.79 Å². The highest BCUT2D eigenvalue weighted by Gasteiger charge is 2.16. The molecule has 0 aromatic heterocycles. The molecular weight excluding hydrogens is 397 g/mol. The van der Waals surface area contributed by atoms with E-state index in [2.05, 4.69) is 38.5 Å². The summed E-state index contributed by atoms with van der Waals surface area (Å²) in [6, 6.07) is 5.76. The van der Waals surface area contributed by atoms with E-state index in [4.69, 9.17) is 4.74 Å². The van der Waals surface area contributed by atoms with Crippen LogP contribution in [0.15, 0.2) is 22.7 Å². The van der Waals surface area contributed by atoms with Crippen molar-refractivity contribution in [3.63, 3.8) is 0 Å². The molecule has 0 saturated carbocycles. The molecule has 0 radical (unpaired) electrons. The molecule has 0 N–H and O–H groups in total. The van der Waals surface area contributed by atoms with E-state index in [-0.39, 0.29) is 5.91 Å².